The maximum Gasteiger partial charge on any atom is 0.329 e. The summed E-state index contributed by atoms with van der Waals surface area (Å²) in [7, 11) is 0. The number of carbonyl (C=O) groups is 4. The number of nitrogens with zero attached hydrogens (tertiary/aromatic N) is 1. The summed E-state index contributed by atoms with van der Waals surface area (Å²) >= 11 is 0. The zero-order valence-corrected chi connectivity index (χ0v) is 19.7. The lowest BCUT2D eigenvalue weighted by atomic mass is 9.94. The summed E-state index contributed by atoms with van der Waals surface area (Å²) in [4.78, 5) is 51.3. The SMILES string of the molecule is CC(C)[C@H](NC(=O)[C@H](C)NC(=O)CN1C(=O)C[C@H]1c1ccccc1)C(=O)OCc1ccccc1. The van der Waals surface area contributed by atoms with Crippen molar-refractivity contribution >= 4 is 23.7 Å². The van der Waals surface area contributed by atoms with Gasteiger partial charge in [0.25, 0.3) is 0 Å². The number of ether oxygens (including phenoxy) is 1. The molecular weight excluding hydrogens is 434 g/mol. The molecule has 3 atom stereocenters. The van der Waals surface area contributed by atoms with Crippen LogP contribution in [0.5, 0.6) is 0 Å². The summed E-state index contributed by atoms with van der Waals surface area (Å²) in [5.41, 5.74) is 1.81. The second kappa shape index (κ2) is 11.4. The van der Waals surface area contributed by atoms with E-state index in [1.54, 1.807) is 13.8 Å². The van der Waals surface area contributed by atoms with E-state index in [-0.39, 0.29) is 31.0 Å². The van der Waals surface area contributed by atoms with Gasteiger partial charge in [0, 0.05) is 0 Å². The van der Waals surface area contributed by atoms with Crippen molar-refractivity contribution in [1.82, 2.24) is 15.5 Å². The Balaban J connectivity index is 1.50. The molecule has 0 bridgehead atoms. The molecule has 1 aliphatic heterocycles. The van der Waals surface area contributed by atoms with Gasteiger partial charge in [0.05, 0.1) is 12.5 Å². The van der Waals surface area contributed by atoms with Gasteiger partial charge in [0.2, 0.25) is 17.7 Å². The third-order valence-corrected chi connectivity index (χ3v) is 5.78. The van der Waals surface area contributed by atoms with Gasteiger partial charge in [-0.1, -0.05) is 74.5 Å². The number of amides is 3. The van der Waals surface area contributed by atoms with Crippen LogP contribution in [0.3, 0.4) is 0 Å². The lowest BCUT2D eigenvalue weighted by Crippen LogP contribution is -2.55. The Labute approximate surface area is 199 Å². The van der Waals surface area contributed by atoms with Crippen LogP contribution in [0.15, 0.2) is 60.7 Å². The highest BCUT2D eigenvalue weighted by molar-refractivity contribution is 5.93. The quantitative estimate of drug-likeness (QED) is 0.414. The molecule has 0 radical (unpaired) electrons. The molecule has 0 saturated carbocycles. The molecular formula is C26H31N3O5. The van der Waals surface area contributed by atoms with E-state index in [1.165, 1.54) is 11.8 Å². The summed E-state index contributed by atoms with van der Waals surface area (Å²) in [6, 6.07) is 16.9. The molecule has 180 valence electrons. The Morgan fingerprint density at radius 2 is 1.59 bits per heavy atom. The number of rotatable bonds is 10. The van der Waals surface area contributed by atoms with Crippen molar-refractivity contribution in [2.24, 2.45) is 5.92 Å². The van der Waals surface area contributed by atoms with E-state index in [0.29, 0.717) is 6.42 Å². The minimum atomic E-state index is -0.887. The molecule has 3 rings (SSSR count). The molecule has 1 saturated heterocycles. The van der Waals surface area contributed by atoms with Crippen LogP contribution in [0.25, 0.3) is 0 Å². The van der Waals surface area contributed by atoms with Gasteiger partial charge in [-0.15, -0.1) is 0 Å². The molecule has 2 aromatic rings. The van der Waals surface area contributed by atoms with Gasteiger partial charge in [-0.3, -0.25) is 14.4 Å². The minimum Gasteiger partial charge on any atom is -0.459 e. The standard InChI is InChI=1S/C26H31N3O5/c1-17(2)24(26(33)34-16-19-10-6-4-7-11-19)28-25(32)18(3)27-22(30)15-29-21(14-23(29)31)20-12-8-5-9-13-20/h4-13,17-18,21,24H,14-16H2,1-3H3,(H,27,30)(H,28,32)/t18-,21-,24-/m0/s1. The maximum absolute atomic E-state index is 12.7. The second-order valence-corrected chi connectivity index (χ2v) is 8.77. The van der Waals surface area contributed by atoms with Crippen molar-refractivity contribution in [3.05, 3.63) is 71.8 Å². The van der Waals surface area contributed by atoms with Gasteiger partial charge in [0.15, 0.2) is 0 Å². The zero-order valence-electron chi connectivity index (χ0n) is 19.7. The molecule has 0 spiro atoms. The molecule has 8 nitrogen and oxygen atoms in total. The molecule has 1 aliphatic rings. The van der Waals surface area contributed by atoms with Gasteiger partial charge >= 0.3 is 5.97 Å². The molecule has 3 amide bonds. The maximum atomic E-state index is 12.7. The average Bonchev–Trinajstić information content (AvgIpc) is 2.83. The third kappa shape index (κ3) is 6.43. The lowest BCUT2D eigenvalue weighted by molar-refractivity contribution is -0.151. The van der Waals surface area contributed by atoms with E-state index < -0.39 is 29.9 Å². The van der Waals surface area contributed by atoms with Crippen molar-refractivity contribution < 1.29 is 23.9 Å². The van der Waals surface area contributed by atoms with Crippen LogP contribution in [0.2, 0.25) is 0 Å². The van der Waals surface area contributed by atoms with Crippen molar-refractivity contribution in [1.29, 1.82) is 0 Å². The van der Waals surface area contributed by atoms with Gasteiger partial charge in [0.1, 0.15) is 25.2 Å². The number of esters is 1. The zero-order chi connectivity index (χ0) is 24.7. The van der Waals surface area contributed by atoms with Crippen LogP contribution >= 0.6 is 0 Å². The largest absolute Gasteiger partial charge is 0.459 e. The molecule has 0 aliphatic carbocycles. The number of hydrogen-bond acceptors (Lipinski definition) is 5. The monoisotopic (exact) mass is 465 g/mol. The van der Waals surface area contributed by atoms with Crippen LogP contribution < -0.4 is 10.6 Å². The van der Waals surface area contributed by atoms with Crippen molar-refractivity contribution in [3.63, 3.8) is 0 Å². The van der Waals surface area contributed by atoms with Gasteiger partial charge < -0.3 is 20.3 Å². The molecule has 2 N–H and O–H groups in total. The first-order chi connectivity index (χ1) is 16.3. The van der Waals surface area contributed by atoms with E-state index in [2.05, 4.69) is 10.6 Å². The first-order valence-corrected chi connectivity index (χ1v) is 11.4. The van der Waals surface area contributed by atoms with E-state index in [0.717, 1.165) is 11.1 Å². The summed E-state index contributed by atoms with van der Waals surface area (Å²) in [6.07, 6.45) is 0.356. The van der Waals surface area contributed by atoms with E-state index >= 15 is 0 Å². The van der Waals surface area contributed by atoms with E-state index in [1.807, 2.05) is 60.7 Å². The van der Waals surface area contributed by atoms with Gasteiger partial charge in [-0.25, -0.2) is 4.79 Å². The molecule has 1 fully saturated rings. The fraction of sp³-hybridized carbons (Fsp3) is 0.385. The molecule has 0 unspecified atom stereocenters. The Morgan fingerprint density at radius 3 is 2.18 bits per heavy atom. The highest BCUT2D eigenvalue weighted by Crippen LogP contribution is 2.33. The van der Waals surface area contributed by atoms with Crippen molar-refractivity contribution in [2.45, 2.75) is 51.9 Å². The number of carbonyl (C=O) groups excluding carboxylic acids is 4. The average molecular weight is 466 g/mol. The second-order valence-electron chi connectivity index (χ2n) is 8.77. The smallest absolute Gasteiger partial charge is 0.329 e. The topological polar surface area (TPSA) is 105 Å². The van der Waals surface area contributed by atoms with Crippen molar-refractivity contribution in [3.8, 4) is 0 Å². The normalized spacial score (nSPS) is 16.9. The molecule has 1 heterocycles. The number of likely N-dealkylation sites (tertiary alicyclic amines) is 1. The first kappa shape index (κ1) is 25.0. The van der Waals surface area contributed by atoms with Crippen LogP contribution in [-0.2, 0) is 30.5 Å². The number of β-lactam (4-membered cyclic amide) rings is 1. The first-order valence-electron chi connectivity index (χ1n) is 11.4. The number of hydrogen-bond donors (Lipinski definition) is 2. The van der Waals surface area contributed by atoms with Crippen LogP contribution in [0.4, 0.5) is 0 Å². The Hall–Kier alpha value is -3.68. The fourth-order valence-electron chi connectivity index (χ4n) is 3.73. The third-order valence-electron chi connectivity index (χ3n) is 5.78. The van der Waals surface area contributed by atoms with E-state index in [9.17, 15) is 19.2 Å². The lowest BCUT2D eigenvalue weighted by Gasteiger charge is -2.40. The summed E-state index contributed by atoms with van der Waals surface area (Å²) in [5, 5.41) is 5.29. The molecule has 34 heavy (non-hydrogen) atoms. The summed E-state index contributed by atoms with van der Waals surface area (Å²) in [5.74, 6) is -1.80. The van der Waals surface area contributed by atoms with E-state index in [4.69, 9.17) is 4.74 Å². The molecule has 0 aromatic heterocycles. The molecule has 2 aromatic carbocycles. The van der Waals surface area contributed by atoms with Crippen LogP contribution in [0.1, 0.15) is 44.4 Å². The Morgan fingerprint density at radius 1 is 0.971 bits per heavy atom. The van der Waals surface area contributed by atoms with Crippen molar-refractivity contribution in [2.75, 3.05) is 6.54 Å². The van der Waals surface area contributed by atoms with Gasteiger partial charge in [-0.2, -0.15) is 0 Å². The van der Waals surface area contributed by atoms with Gasteiger partial charge in [-0.05, 0) is 24.0 Å². The Bertz CT molecular complexity index is 1010. The summed E-state index contributed by atoms with van der Waals surface area (Å²) in [6.45, 7) is 5.11. The minimum absolute atomic E-state index is 0.109. The highest BCUT2D eigenvalue weighted by Gasteiger charge is 2.38. The number of nitrogens with one attached hydrogen (secondary N) is 2. The predicted molar refractivity (Wildman–Crippen MR) is 126 cm³/mol. The highest BCUT2D eigenvalue weighted by atomic mass is 16.5. The van der Waals surface area contributed by atoms with Crippen LogP contribution in [-0.4, -0.2) is 47.2 Å². The Kier molecular flexibility index (Phi) is 8.40. The molecule has 8 heteroatoms. The van der Waals surface area contributed by atoms with Crippen LogP contribution in [0, 0.1) is 5.92 Å². The summed E-state index contributed by atoms with van der Waals surface area (Å²) < 4.78 is 5.37. The number of benzene rings is 2. The predicted octanol–water partition coefficient (Wildman–Crippen LogP) is 2.35. The fourth-order valence-corrected chi connectivity index (χ4v) is 3.73.